The molecule has 1 atom stereocenters. The highest BCUT2D eigenvalue weighted by molar-refractivity contribution is 5.97. The van der Waals surface area contributed by atoms with Gasteiger partial charge in [0, 0.05) is 25.6 Å². The number of nitrogens with one attached hydrogen (secondary N) is 1. The molecule has 3 N–H and O–H groups in total. The fraction of sp³-hybridized carbons (Fsp3) is 0.400. The molecule has 5 rings (SSSR count). The molecule has 2 fully saturated rings. The van der Waals surface area contributed by atoms with Crippen molar-refractivity contribution in [3.63, 3.8) is 0 Å². The summed E-state index contributed by atoms with van der Waals surface area (Å²) in [7, 11) is 0. The number of piperidine rings is 1. The monoisotopic (exact) mass is 478 g/mol. The van der Waals surface area contributed by atoms with E-state index in [1.807, 2.05) is 11.0 Å². The van der Waals surface area contributed by atoms with Crippen LogP contribution < -0.4 is 16.0 Å². The van der Waals surface area contributed by atoms with Gasteiger partial charge in [-0.15, -0.1) is 0 Å². The Bertz CT molecular complexity index is 1270. The van der Waals surface area contributed by atoms with Gasteiger partial charge in [-0.05, 0) is 62.1 Å². The molecule has 1 aliphatic heterocycles. The first-order valence-corrected chi connectivity index (χ1v) is 11.8. The lowest BCUT2D eigenvalue weighted by molar-refractivity contribution is 0.0951. The third kappa shape index (κ3) is 5.16. The Morgan fingerprint density at radius 3 is 2.77 bits per heavy atom. The Kier molecular flexibility index (Phi) is 6.19. The zero-order valence-electron chi connectivity index (χ0n) is 19.5. The summed E-state index contributed by atoms with van der Waals surface area (Å²) in [6.07, 6.45) is 5.64. The van der Waals surface area contributed by atoms with E-state index in [0.29, 0.717) is 29.9 Å². The minimum atomic E-state index is -0.723. The SMILES string of the molecule is Cc1cc(Nc2nc(N3CCC[C@@H](CC(=O)c4ccc(C5CC5)cc4F)C3)cnc2C(N)=O)on1. The summed E-state index contributed by atoms with van der Waals surface area (Å²) in [6, 6.07) is 6.68. The Morgan fingerprint density at radius 2 is 2.09 bits per heavy atom. The van der Waals surface area contributed by atoms with Crippen LogP contribution in [0.4, 0.5) is 21.9 Å². The van der Waals surface area contributed by atoms with Gasteiger partial charge in [0.05, 0.1) is 17.5 Å². The zero-order chi connectivity index (χ0) is 24.5. The lowest BCUT2D eigenvalue weighted by atomic mass is 9.90. The van der Waals surface area contributed by atoms with Gasteiger partial charge < -0.3 is 20.5 Å². The maximum atomic E-state index is 14.6. The number of benzene rings is 1. The average molecular weight is 479 g/mol. The number of Topliss-reactive ketones (excluding diaryl/α,β-unsaturated/α-hetero) is 1. The Morgan fingerprint density at radius 1 is 1.26 bits per heavy atom. The molecule has 1 aromatic carbocycles. The second-order valence-electron chi connectivity index (χ2n) is 9.34. The average Bonchev–Trinajstić information content (AvgIpc) is 3.61. The van der Waals surface area contributed by atoms with Crippen molar-refractivity contribution in [3.8, 4) is 0 Å². The standard InChI is InChI=1S/C25H27FN6O3/c1-14-9-22(35-31-14)30-25-23(24(27)34)28-12-21(29-25)32-8-2-3-15(13-32)10-20(33)18-7-6-17(11-19(18)26)16-4-5-16/h6-7,9,11-12,15-16H,2-5,8,10,13H2,1H3,(H2,27,34)(H,29,30)/t15-/m0/s1. The second kappa shape index (κ2) is 9.44. The summed E-state index contributed by atoms with van der Waals surface area (Å²) in [4.78, 5) is 35.5. The van der Waals surface area contributed by atoms with Crippen molar-refractivity contribution in [2.45, 2.75) is 44.9 Å². The van der Waals surface area contributed by atoms with Crippen molar-refractivity contribution in [1.29, 1.82) is 0 Å². The summed E-state index contributed by atoms with van der Waals surface area (Å²) < 4.78 is 19.8. The molecule has 182 valence electrons. The van der Waals surface area contributed by atoms with E-state index in [2.05, 4.69) is 20.4 Å². The number of nitrogens with two attached hydrogens (primary N) is 1. The summed E-state index contributed by atoms with van der Waals surface area (Å²) in [5.41, 5.74) is 7.25. The first kappa shape index (κ1) is 22.9. The summed E-state index contributed by atoms with van der Waals surface area (Å²) in [5, 5.41) is 6.73. The number of carbonyl (C=O) groups is 2. The number of amides is 1. The van der Waals surface area contributed by atoms with Crippen LogP contribution in [0.2, 0.25) is 0 Å². The molecule has 3 aromatic rings. The van der Waals surface area contributed by atoms with Crippen molar-refractivity contribution in [2.75, 3.05) is 23.3 Å². The van der Waals surface area contributed by atoms with E-state index in [1.165, 1.54) is 12.3 Å². The molecule has 1 saturated heterocycles. The smallest absolute Gasteiger partial charge is 0.271 e. The van der Waals surface area contributed by atoms with Gasteiger partial charge in [0.1, 0.15) is 11.6 Å². The lowest BCUT2D eigenvalue weighted by Gasteiger charge is -2.33. The maximum Gasteiger partial charge on any atom is 0.271 e. The van der Waals surface area contributed by atoms with Gasteiger partial charge in [0.2, 0.25) is 5.88 Å². The number of anilines is 3. The molecule has 1 amide bonds. The molecular weight excluding hydrogens is 451 g/mol. The Labute approximate surface area is 201 Å². The number of ketones is 1. The Hall–Kier alpha value is -3.82. The number of nitrogens with zero attached hydrogens (tertiary/aromatic N) is 4. The quantitative estimate of drug-likeness (QED) is 0.463. The van der Waals surface area contributed by atoms with Crippen LogP contribution in [0.15, 0.2) is 35.0 Å². The Balaban J connectivity index is 1.29. The normalized spacial score (nSPS) is 17.9. The van der Waals surface area contributed by atoms with Crippen molar-refractivity contribution in [1.82, 2.24) is 15.1 Å². The van der Waals surface area contributed by atoms with Crippen LogP contribution in [-0.4, -0.2) is 39.9 Å². The molecule has 2 aromatic heterocycles. The molecule has 2 aliphatic rings. The number of hydrogen-bond donors (Lipinski definition) is 2. The van der Waals surface area contributed by atoms with Crippen molar-refractivity contribution >= 4 is 29.2 Å². The fourth-order valence-corrected chi connectivity index (χ4v) is 4.58. The van der Waals surface area contributed by atoms with Gasteiger partial charge in [-0.25, -0.2) is 14.4 Å². The van der Waals surface area contributed by atoms with Crippen LogP contribution in [0.25, 0.3) is 0 Å². The number of primary amides is 1. The third-order valence-corrected chi connectivity index (χ3v) is 6.52. The predicted octanol–water partition coefficient (Wildman–Crippen LogP) is 4.12. The van der Waals surface area contributed by atoms with Gasteiger partial charge in [-0.1, -0.05) is 11.2 Å². The highest BCUT2D eigenvalue weighted by Gasteiger charge is 2.28. The van der Waals surface area contributed by atoms with Crippen molar-refractivity contribution in [2.24, 2.45) is 11.7 Å². The van der Waals surface area contributed by atoms with E-state index >= 15 is 0 Å². The number of aryl methyl sites for hydroxylation is 1. The molecule has 1 saturated carbocycles. The van der Waals surface area contributed by atoms with E-state index in [4.69, 9.17) is 10.3 Å². The van der Waals surface area contributed by atoms with E-state index in [9.17, 15) is 14.0 Å². The topological polar surface area (TPSA) is 127 Å². The fourth-order valence-electron chi connectivity index (χ4n) is 4.58. The van der Waals surface area contributed by atoms with E-state index < -0.39 is 11.7 Å². The minimum absolute atomic E-state index is 0.0170. The summed E-state index contributed by atoms with van der Waals surface area (Å²) in [6.45, 7) is 3.06. The van der Waals surface area contributed by atoms with Gasteiger partial charge in [0.15, 0.2) is 17.3 Å². The molecule has 9 nitrogen and oxygen atoms in total. The van der Waals surface area contributed by atoms with Crippen molar-refractivity contribution in [3.05, 3.63) is 58.8 Å². The second-order valence-corrected chi connectivity index (χ2v) is 9.34. The minimum Gasteiger partial charge on any atom is -0.364 e. The highest BCUT2D eigenvalue weighted by Crippen LogP contribution is 2.40. The molecule has 35 heavy (non-hydrogen) atoms. The van der Waals surface area contributed by atoms with Crippen molar-refractivity contribution < 1.29 is 18.5 Å². The molecule has 0 unspecified atom stereocenters. The van der Waals surface area contributed by atoms with Gasteiger partial charge in [-0.2, -0.15) is 0 Å². The van der Waals surface area contributed by atoms with E-state index in [-0.39, 0.29) is 35.2 Å². The molecule has 0 radical (unpaired) electrons. The molecule has 0 spiro atoms. The number of carbonyl (C=O) groups excluding carboxylic acids is 2. The van der Waals surface area contributed by atoms with Gasteiger partial charge in [0.25, 0.3) is 5.91 Å². The van der Waals surface area contributed by atoms with Crippen LogP contribution >= 0.6 is 0 Å². The number of halogens is 1. The number of hydrogen-bond acceptors (Lipinski definition) is 8. The third-order valence-electron chi connectivity index (χ3n) is 6.52. The molecule has 0 bridgehead atoms. The predicted molar refractivity (Wildman–Crippen MR) is 127 cm³/mol. The zero-order valence-corrected chi connectivity index (χ0v) is 19.5. The first-order chi connectivity index (χ1) is 16.9. The largest absolute Gasteiger partial charge is 0.364 e. The first-order valence-electron chi connectivity index (χ1n) is 11.8. The number of aromatic nitrogens is 3. The lowest BCUT2D eigenvalue weighted by Crippen LogP contribution is -2.37. The van der Waals surface area contributed by atoms with E-state index in [1.54, 1.807) is 19.1 Å². The molecular formula is C25H27FN6O3. The van der Waals surface area contributed by atoms with E-state index in [0.717, 1.165) is 37.8 Å². The number of rotatable bonds is 8. The van der Waals surface area contributed by atoms with Crippen LogP contribution in [-0.2, 0) is 0 Å². The summed E-state index contributed by atoms with van der Waals surface area (Å²) >= 11 is 0. The summed E-state index contributed by atoms with van der Waals surface area (Å²) in [5.74, 6) is 0.175. The van der Waals surface area contributed by atoms with Crippen LogP contribution in [0, 0.1) is 18.7 Å². The molecule has 1 aliphatic carbocycles. The van der Waals surface area contributed by atoms with Crippen LogP contribution in [0.1, 0.15) is 70.1 Å². The van der Waals surface area contributed by atoms with Gasteiger partial charge in [-0.3, -0.25) is 9.59 Å². The highest BCUT2D eigenvalue weighted by atomic mass is 19.1. The van der Waals surface area contributed by atoms with Crippen LogP contribution in [0.3, 0.4) is 0 Å². The van der Waals surface area contributed by atoms with Crippen LogP contribution in [0.5, 0.6) is 0 Å². The van der Waals surface area contributed by atoms with Gasteiger partial charge >= 0.3 is 0 Å². The molecule has 3 heterocycles. The molecule has 10 heteroatoms. The maximum absolute atomic E-state index is 14.6.